The summed E-state index contributed by atoms with van der Waals surface area (Å²) in [6.45, 7) is 3.27. The highest BCUT2D eigenvalue weighted by Crippen LogP contribution is 2.25. The van der Waals surface area contributed by atoms with E-state index in [4.69, 9.17) is 9.47 Å². The lowest BCUT2D eigenvalue weighted by Gasteiger charge is -2.27. The van der Waals surface area contributed by atoms with Crippen molar-refractivity contribution in [3.8, 4) is 11.5 Å². The number of carbonyl (C=O) groups excluding carboxylic acids is 3. The van der Waals surface area contributed by atoms with Gasteiger partial charge in [0.2, 0.25) is 5.91 Å². The van der Waals surface area contributed by atoms with E-state index >= 15 is 0 Å². The number of amides is 3. The Morgan fingerprint density at radius 3 is 2.45 bits per heavy atom. The Balaban J connectivity index is 1.35. The smallest absolute Gasteiger partial charge is 0.272 e. The van der Waals surface area contributed by atoms with Crippen molar-refractivity contribution in [2.75, 3.05) is 40.4 Å². The van der Waals surface area contributed by atoms with Crippen molar-refractivity contribution in [3.05, 3.63) is 41.2 Å². The second kappa shape index (κ2) is 9.93. The Labute approximate surface area is 192 Å². The standard InChI is InChI=1S/C23H29N5O5/c1-32-17-11-16(12-18(13-17)33-2)15-27-9-10-28-20(23(27)31)14-19(25-28)22(30)24-6-4-8-26-7-3-5-21(26)29/h11-14H,3-10,15H2,1-2H3,(H,24,30). The van der Waals surface area contributed by atoms with Gasteiger partial charge >= 0.3 is 0 Å². The van der Waals surface area contributed by atoms with E-state index in [0.29, 0.717) is 62.8 Å². The summed E-state index contributed by atoms with van der Waals surface area (Å²) in [5.41, 5.74) is 1.51. The quantitative estimate of drug-likeness (QED) is 0.572. The second-order valence-electron chi connectivity index (χ2n) is 8.18. The molecule has 4 rings (SSSR count). The van der Waals surface area contributed by atoms with Gasteiger partial charge in [0.25, 0.3) is 11.8 Å². The highest BCUT2D eigenvalue weighted by Gasteiger charge is 2.28. The first-order valence-corrected chi connectivity index (χ1v) is 11.1. The third-order valence-electron chi connectivity index (χ3n) is 5.95. The fourth-order valence-electron chi connectivity index (χ4n) is 4.18. The van der Waals surface area contributed by atoms with E-state index < -0.39 is 0 Å². The molecule has 0 radical (unpaired) electrons. The van der Waals surface area contributed by atoms with E-state index in [-0.39, 0.29) is 23.4 Å². The monoisotopic (exact) mass is 455 g/mol. The molecule has 0 bridgehead atoms. The number of nitrogens with one attached hydrogen (secondary N) is 1. The summed E-state index contributed by atoms with van der Waals surface area (Å²) >= 11 is 0. The van der Waals surface area contributed by atoms with Crippen LogP contribution in [0.15, 0.2) is 24.3 Å². The summed E-state index contributed by atoms with van der Waals surface area (Å²) < 4.78 is 12.2. The molecule has 0 atom stereocenters. The van der Waals surface area contributed by atoms with Gasteiger partial charge in [-0.2, -0.15) is 5.10 Å². The molecule has 1 fully saturated rings. The number of likely N-dealkylation sites (tertiary alicyclic amines) is 1. The molecule has 1 saturated heterocycles. The van der Waals surface area contributed by atoms with Gasteiger partial charge in [-0.25, -0.2) is 0 Å². The maximum atomic E-state index is 13.0. The lowest BCUT2D eigenvalue weighted by molar-refractivity contribution is -0.127. The van der Waals surface area contributed by atoms with Crippen LogP contribution in [0.1, 0.15) is 45.8 Å². The minimum Gasteiger partial charge on any atom is -0.497 e. The summed E-state index contributed by atoms with van der Waals surface area (Å²) in [4.78, 5) is 40.8. The van der Waals surface area contributed by atoms with Crippen molar-refractivity contribution in [1.29, 1.82) is 0 Å². The molecule has 0 unspecified atom stereocenters. The third-order valence-corrected chi connectivity index (χ3v) is 5.95. The molecular formula is C23H29N5O5. The number of fused-ring (bicyclic) bond motifs is 1. The zero-order valence-electron chi connectivity index (χ0n) is 19.0. The van der Waals surface area contributed by atoms with E-state index in [1.54, 1.807) is 35.9 Å². The Kier molecular flexibility index (Phi) is 6.81. The normalized spacial score (nSPS) is 15.6. The molecule has 1 aromatic carbocycles. The summed E-state index contributed by atoms with van der Waals surface area (Å²) in [5, 5.41) is 7.15. The Bertz CT molecular complexity index is 1030. The maximum Gasteiger partial charge on any atom is 0.272 e. The van der Waals surface area contributed by atoms with Crippen molar-refractivity contribution in [3.63, 3.8) is 0 Å². The SMILES string of the molecule is COc1cc(CN2CCn3nc(C(=O)NCCCN4CCCC4=O)cc3C2=O)cc(OC)c1. The molecule has 0 saturated carbocycles. The Morgan fingerprint density at radius 1 is 1.03 bits per heavy atom. The van der Waals surface area contributed by atoms with Crippen LogP contribution in [0.25, 0.3) is 0 Å². The predicted octanol–water partition coefficient (Wildman–Crippen LogP) is 1.30. The largest absolute Gasteiger partial charge is 0.497 e. The lowest BCUT2D eigenvalue weighted by atomic mass is 10.1. The van der Waals surface area contributed by atoms with Gasteiger partial charge in [0.15, 0.2) is 5.69 Å². The van der Waals surface area contributed by atoms with E-state index in [1.807, 2.05) is 17.0 Å². The number of ether oxygens (including phenoxy) is 2. The minimum absolute atomic E-state index is 0.179. The fraction of sp³-hybridized carbons (Fsp3) is 0.478. The van der Waals surface area contributed by atoms with E-state index in [2.05, 4.69) is 10.4 Å². The molecule has 2 aromatic rings. The molecule has 10 heteroatoms. The van der Waals surface area contributed by atoms with Gasteiger partial charge in [0, 0.05) is 51.3 Å². The molecule has 3 heterocycles. The van der Waals surface area contributed by atoms with Crippen LogP contribution in [0.4, 0.5) is 0 Å². The van der Waals surface area contributed by atoms with Gasteiger partial charge in [-0.3, -0.25) is 19.1 Å². The highest BCUT2D eigenvalue weighted by atomic mass is 16.5. The molecule has 10 nitrogen and oxygen atoms in total. The van der Waals surface area contributed by atoms with Crippen molar-refractivity contribution in [2.45, 2.75) is 32.4 Å². The molecule has 33 heavy (non-hydrogen) atoms. The number of rotatable bonds is 9. The highest BCUT2D eigenvalue weighted by molar-refractivity contribution is 5.98. The van der Waals surface area contributed by atoms with Gasteiger partial charge in [0.05, 0.1) is 20.8 Å². The number of hydrogen-bond acceptors (Lipinski definition) is 6. The summed E-state index contributed by atoms with van der Waals surface area (Å²) in [5.74, 6) is 1.00. The number of aromatic nitrogens is 2. The Morgan fingerprint density at radius 2 is 1.79 bits per heavy atom. The fourth-order valence-corrected chi connectivity index (χ4v) is 4.18. The molecule has 3 amide bonds. The molecule has 1 aromatic heterocycles. The number of hydrogen-bond donors (Lipinski definition) is 1. The lowest BCUT2D eigenvalue weighted by Crippen LogP contribution is -2.39. The Hall–Kier alpha value is -3.56. The molecular weight excluding hydrogens is 426 g/mol. The first-order valence-electron chi connectivity index (χ1n) is 11.1. The molecule has 176 valence electrons. The third kappa shape index (κ3) is 5.10. The van der Waals surface area contributed by atoms with Crippen molar-refractivity contribution < 1.29 is 23.9 Å². The predicted molar refractivity (Wildman–Crippen MR) is 119 cm³/mol. The van der Waals surface area contributed by atoms with E-state index in [1.165, 1.54) is 0 Å². The zero-order chi connectivity index (χ0) is 23.4. The van der Waals surface area contributed by atoms with Gasteiger partial charge in [-0.1, -0.05) is 0 Å². The van der Waals surface area contributed by atoms with Crippen molar-refractivity contribution in [1.82, 2.24) is 24.9 Å². The molecule has 0 aliphatic carbocycles. The molecule has 2 aliphatic heterocycles. The van der Waals surface area contributed by atoms with Crippen LogP contribution in [0.2, 0.25) is 0 Å². The van der Waals surface area contributed by atoms with Crippen LogP contribution < -0.4 is 14.8 Å². The maximum absolute atomic E-state index is 13.0. The molecule has 0 spiro atoms. The molecule has 2 aliphatic rings. The second-order valence-corrected chi connectivity index (χ2v) is 8.18. The first kappa shape index (κ1) is 22.6. The van der Waals surface area contributed by atoms with E-state index in [0.717, 1.165) is 18.5 Å². The zero-order valence-corrected chi connectivity index (χ0v) is 19.0. The average Bonchev–Trinajstić information content (AvgIpc) is 3.44. The summed E-state index contributed by atoms with van der Waals surface area (Å²) in [6.07, 6.45) is 2.20. The van der Waals surface area contributed by atoms with Gasteiger partial charge < -0.3 is 24.6 Å². The van der Waals surface area contributed by atoms with Crippen molar-refractivity contribution >= 4 is 17.7 Å². The molecule has 1 N–H and O–H groups in total. The van der Waals surface area contributed by atoms with Gasteiger partial charge in [0.1, 0.15) is 17.2 Å². The van der Waals surface area contributed by atoms with Crippen LogP contribution >= 0.6 is 0 Å². The first-order chi connectivity index (χ1) is 16.0. The number of methoxy groups -OCH3 is 2. The topological polar surface area (TPSA) is 106 Å². The van der Waals surface area contributed by atoms with Crippen LogP contribution in [0.5, 0.6) is 11.5 Å². The minimum atomic E-state index is -0.318. The number of benzene rings is 1. The van der Waals surface area contributed by atoms with Crippen LogP contribution in [0, 0.1) is 0 Å². The van der Waals surface area contributed by atoms with Crippen molar-refractivity contribution in [2.24, 2.45) is 0 Å². The average molecular weight is 456 g/mol. The van der Waals surface area contributed by atoms with Crippen LogP contribution in [-0.4, -0.2) is 77.7 Å². The van der Waals surface area contributed by atoms with Crippen LogP contribution in [-0.2, 0) is 17.9 Å². The van der Waals surface area contributed by atoms with E-state index in [9.17, 15) is 14.4 Å². The number of nitrogens with zero attached hydrogens (tertiary/aromatic N) is 4. The number of carbonyl (C=O) groups is 3. The summed E-state index contributed by atoms with van der Waals surface area (Å²) in [7, 11) is 3.17. The summed E-state index contributed by atoms with van der Waals surface area (Å²) in [6, 6.07) is 7.07. The van der Waals surface area contributed by atoms with Gasteiger partial charge in [-0.15, -0.1) is 0 Å². The van der Waals surface area contributed by atoms with Gasteiger partial charge in [-0.05, 0) is 30.5 Å². The van der Waals surface area contributed by atoms with Crippen LogP contribution in [0.3, 0.4) is 0 Å².